The van der Waals surface area contributed by atoms with Crippen LogP contribution in [0.4, 0.5) is 0 Å². The minimum absolute atomic E-state index is 0.284. The molecule has 0 aliphatic carbocycles. The highest BCUT2D eigenvalue weighted by Crippen LogP contribution is 2.41. The summed E-state index contributed by atoms with van der Waals surface area (Å²) in [4.78, 5) is 12.1. The van der Waals surface area contributed by atoms with Gasteiger partial charge in [0.05, 0.1) is 7.11 Å². The van der Waals surface area contributed by atoms with Crippen molar-refractivity contribution in [2.75, 3.05) is 7.11 Å². The van der Waals surface area contributed by atoms with E-state index in [4.69, 9.17) is 13.9 Å². The Balaban J connectivity index is 2.11. The molecular formula is C17H12O4. The van der Waals surface area contributed by atoms with Gasteiger partial charge in [-0.15, -0.1) is 0 Å². The first-order valence-electron chi connectivity index (χ1n) is 6.64. The zero-order valence-corrected chi connectivity index (χ0v) is 11.4. The number of rotatable bonds is 1. The summed E-state index contributed by atoms with van der Waals surface area (Å²) >= 11 is 0. The summed E-state index contributed by atoms with van der Waals surface area (Å²) in [7, 11) is 1.63. The monoisotopic (exact) mass is 280 g/mol. The lowest BCUT2D eigenvalue weighted by Crippen LogP contribution is -2.14. The van der Waals surface area contributed by atoms with Gasteiger partial charge in [-0.25, -0.2) is 4.79 Å². The maximum absolute atomic E-state index is 12.1. The second kappa shape index (κ2) is 4.38. The molecule has 1 aliphatic heterocycles. The number of fused-ring (bicyclic) bond motifs is 5. The highest BCUT2D eigenvalue weighted by Gasteiger charge is 2.24. The first-order valence-corrected chi connectivity index (χ1v) is 6.64. The van der Waals surface area contributed by atoms with E-state index < -0.39 is 5.63 Å². The van der Waals surface area contributed by atoms with Gasteiger partial charge in [0.15, 0.2) is 0 Å². The van der Waals surface area contributed by atoms with E-state index in [-0.39, 0.29) is 5.75 Å². The second-order valence-electron chi connectivity index (χ2n) is 4.90. The molecule has 0 unspecified atom stereocenters. The maximum atomic E-state index is 12.1. The van der Waals surface area contributed by atoms with Gasteiger partial charge in [-0.05, 0) is 23.8 Å². The lowest BCUT2D eigenvalue weighted by Gasteiger charge is -2.21. The van der Waals surface area contributed by atoms with Crippen LogP contribution in [0.25, 0.3) is 22.1 Å². The smallest absolute Gasteiger partial charge is 0.379 e. The van der Waals surface area contributed by atoms with Crippen molar-refractivity contribution in [1.82, 2.24) is 0 Å². The average Bonchev–Trinajstić information content (AvgIpc) is 2.53. The van der Waals surface area contributed by atoms with Crippen LogP contribution in [0, 0.1) is 0 Å². The first kappa shape index (κ1) is 12.0. The van der Waals surface area contributed by atoms with Crippen LogP contribution >= 0.6 is 0 Å². The summed E-state index contributed by atoms with van der Waals surface area (Å²) in [5, 5.41) is 0.873. The van der Waals surface area contributed by atoms with Gasteiger partial charge in [0, 0.05) is 16.5 Å². The standard InChI is InChI=1S/C17H12O4/c1-19-11-6-7-12-10(8-11)9-20-16-15(12)13-4-2-3-5-14(13)21-17(16)18/h2-8H,9H2,1H3. The van der Waals surface area contributed by atoms with E-state index in [0.717, 1.165) is 27.8 Å². The lowest BCUT2D eigenvalue weighted by molar-refractivity contribution is 0.286. The molecule has 0 radical (unpaired) electrons. The fourth-order valence-corrected chi connectivity index (χ4v) is 2.74. The molecule has 0 amide bonds. The molecule has 0 N–H and O–H groups in total. The highest BCUT2D eigenvalue weighted by atomic mass is 16.5. The minimum Gasteiger partial charge on any atom is -0.497 e. The van der Waals surface area contributed by atoms with Gasteiger partial charge < -0.3 is 13.9 Å². The third kappa shape index (κ3) is 1.72. The van der Waals surface area contributed by atoms with Crippen molar-refractivity contribution < 1.29 is 13.9 Å². The van der Waals surface area contributed by atoms with Crippen LogP contribution < -0.4 is 15.1 Å². The quantitative estimate of drug-likeness (QED) is 0.641. The molecule has 104 valence electrons. The molecule has 1 aliphatic rings. The SMILES string of the molecule is COc1ccc2c(c1)COc1c-2c2ccccc2oc1=O. The van der Waals surface area contributed by atoms with E-state index in [1.54, 1.807) is 13.2 Å². The van der Waals surface area contributed by atoms with Crippen molar-refractivity contribution in [3.8, 4) is 22.6 Å². The normalized spacial score (nSPS) is 12.4. The molecular weight excluding hydrogens is 268 g/mol. The fourth-order valence-electron chi connectivity index (χ4n) is 2.74. The number of hydrogen-bond donors (Lipinski definition) is 0. The number of para-hydroxylation sites is 1. The summed E-state index contributed by atoms with van der Waals surface area (Å²) in [6.45, 7) is 0.336. The zero-order chi connectivity index (χ0) is 14.4. The van der Waals surface area contributed by atoms with Gasteiger partial charge in [0.25, 0.3) is 0 Å². The van der Waals surface area contributed by atoms with Crippen molar-refractivity contribution in [3.05, 3.63) is 58.4 Å². The highest BCUT2D eigenvalue weighted by molar-refractivity contribution is 5.97. The molecule has 0 spiro atoms. The largest absolute Gasteiger partial charge is 0.497 e. The van der Waals surface area contributed by atoms with Gasteiger partial charge in [0.1, 0.15) is 17.9 Å². The third-order valence-corrected chi connectivity index (χ3v) is 3.73. The molecule has 21 heavy (non-hydrogen) atoms. The number of hydrogen-bond acceptors (Lipinski definition) is 4. The van der Waals surface area contributed by atoms with Crippen LogP contribution in [-0.2, 0) is 6.61 Å². The Labute approximate surface area is 120 Å². The maximum Gasteiger partial charge on any atom is 0.379 e. The molecule has 4 nitrogen and oxygen atoms in total. The van der Waals surface area contributed by atoms with Crippen LogP contribution in [0.3, 0.4) is 0 Å². The summed E-state index contributed by atoms with van der Waals surface area (Å²) in [5.74, 6) is 1.06. The summed E-state index contributed by atoms with van der Waals surface area (Å²) in [6, 6.07) is 13.3. The molecule has 0 bridgehead atoms. The molecule has 2 aromatic carbocycles. The Hall–Kier alpha value is -2.75. The van der Waals surface area contributed by atoms with Gasteiger partial charge in [-0.1, -0.05) is 24.3 Å². The van der Waals surface area contributed by atoms with Crippen LogP contribution in [0.15, 0.2) is 51.7 Å². The Morgan fingerprint density at radius 3 is 2.86 bits per heavy atom. The molecule has 4 heteroatoms. The topological polar surface area (TPSA) is 48.7 Å². The molecule has 1 aromatic heterocycles. The average molecular weight is 280 g/mol. The summed E-state index contributed by atoms with van der Waals surface area (Å²) in [5.41, 5.74) is 2.91. The molecule has 3 aromatic rings. The van der Waals surface area contributed by atoms with E-state index in [0.29, 0.717) is 12.2 Å². The summed E-state index contributed by atoms with van der Waals surface area (Å²) in [6.07, 6.45) is 0. The third-order valence-electron chi connectivity index (χ3n) is 3.73. The lowest BCUT2D eigenvalue weighted by atomic mass is 9.94. The van der Waals surface area contributed by atoms with E-state index in [1.165, 1.54) is 0 Å². The van der Waals surface area contributed by atoms with E-state index in [2.05, 4.69) is 0 Å². The van der Waals surface area contributed by atoms with Crippen LogP contribution in [-0.4, -0.2) is 7.11 Å². The van der Waals surface area contributed by atoms with E-state index >= 15 is 0 Å². The van der Waals surface area contributed by atoms with E-state index in [1.807, 2.05) is 36.4 Å². The summed E-state index contributed by atoms with van der Waals surface area (Å²) < 4.78 is 16.2. The molecule has 0 atom stereocenters. The Morgan fingerprint density at radius 2 is 2.00 bits per heavy atom. The molecule has 0 saturated carbocycles. The first-order chi connectivity index (χ1) is 10.3. The number of ether oxygens (including phenoxy) is 2. The predicted octanol–water partition coefficient (Wildman–Crippen LogP) is 3.36. The number of benzene rings is 2. The Kier molecular flexibility index (Phi) is 2.51. The van der Waals surface area contributed by atoms with Crippen molar-refractivity contribution >= 4 is 11.0 Å². The van der Waals surface area contributed by atoms with Crippen molar-refractivity contribution in [2.24, 2.45) is 0 Å². The van der Waals surface area contributed by atoms with Gasteiger partial charge in [0.2, 0.25) is 5.75 Å². The Bertz CT molecular complexity index is 908. The molecule has 0 fully saturated rings. The molecule has 4 rings (SSSR count). The van der Waals surface area contributed by atoms with Crippen LogP contribution in [0.1, 0.15) is 5.56 Å². The molecule has 0 saturated heterocycles. The van der Waals surface area contributed by atoms with Crippen molar-refractivity contribution in [1.29, 1.82) is 0 Å². The predicted molar refractivity (Wildman–Crippen MR) is 78.8 cm³/mol. The van der Waals surface area contributed by atoms with Gasteiger partial charge in [-0.2, -0.15) is 0 Å². The van der Waals surface area contributed by atoms with Gasteiger partial charge >= 0.3 is 5.63 Å². The van der Waals surface area contributed by atoms with Crippen molar-refractivity contribution in [2.45, 2.75) is 6.61 Å². The minimum atomic E-state index is -0.440. The second-order valence-corrected chi connectivity index (χ2v) is 4.90. The van der Waals surface area contributed by atoms with Crippen molar-refractivity contribution in [3.63, 3.8) is 0 Å². The Morgan fingerprint density at radius 1 is 1.14 bits per heavy atom. The van der Waals surface area contributed by atoms with Crippen LogP contribution in [0.5, 0.6) is 11.5 Å². The molecule has 2 heterocycles. The van der Waals surface area contributed by atoms with Crippen LogP contribution in [0.2, 0.25) is 0 Å². The van der Waals surface area contributed by atoms with E-state index in [9.17, 15) is 4.79 Å². The fraction of sp³-hybridized carbons (Fsp3) is 0.118. The number of methoxy groups -OCH3 is 1. The zero-order valence-electron chi connectivity index (χ0n) is 11.4. The van der Waals surface area contributed by atoms with Gasteiger partial charge in [-0.3, -0.25) is 0 Å².